The Kier molecular flexibility index (Phi) is 6.82. The smallest absolute Gasteiger partial charge is 0.158 e. The zero-order valence-corrected chi connectivity index (χ0v) is 18.3. The maximum Gasteiger partial charge on any atom is 0.158 e. The van der Waals surface area contributed by atoms with Crippen LogP contribution in [0.15, 0.2) is 30.6 Å². The fourth-order valence-electron chi connectivity index (χ4n) is 3.76. The summed E-state index contributed by atoms with van der Waals surface area (Å²) in [6.07, 6.45) is 6.12. The van der Waals surface area contributed by atoms with Gasteiger partial charge in [-0.2, -0.15) is 10.4 Å². The molecule has 0 saturated carbocycles. The van der Waals surface area contributed by atoms with E-state index in [0.29, 0.717) is 24.2 Å². The van der Waals surface area contributed by atoms with Crippen LogP contribution in [-0.4, -0.2) is 47.0 Å². The normalized spacial score (nSPS) is 15.7. The number of nitrogens with one attached hydrogen (secondary N) is 3. The summed E-state index contributed by atoms with van der Waals surface area (Å²) in [6.45, 7) is 4.81. The third-order valence-corrected chi connectivity index (χ3v) is 5.50. The van der Waals surface area contributed by atoms with E-state index in [2.05, 4.69) is 43.8 Å². The van der Waals surface area contributed by atoms with Gasteiger partial charge in [0.1, 0.15) is 23.4 Å². The molecule has 0 amide bonds. The van der Waals surface area contributed by atoms with E-state index in [1.165, 1.54) is 18.8 Å². The number of rotatable bonds is 8. The van der Waals surface area contributed by atoms with Crippen molar-refractivity contribution in [3.05, 3.63) is 41.9 Å². The number of nitriles is 1. The number of ether oxygens (including phenoxy) is 2. The summed E-state index contributed by atoms with van der Waals surface area (Å²) in [5, 5.41) is 22.8. The summed E-state index contributed by atoms with van der Waals surface area (Å²) in [7, 11) is 1.66. The molecule has 32 heavy (non-hydrogen) atoms. The minimum absolute atomic E-state index is 0.258. The van der Waals surface area contributed by atoms with E-state index in [9.17, 15) is 0 Å². The van der Waals surface area contributed by atoms with Gasteiger partial charge in [0, 0.05) is 18.5 Å². The molecule has 1 aromatic carbocycles. The molecule has 9 nitrogen and oxygen atoms in total. The molecular weight excluding hydrogens is 406 g/mol. The standard InChI is InChI=1S/C23H27N7O2/c1-3-15-7-19(31-2)23(20(8-15)32-14-16-5-4-6-25-11-16)18-9-21(30-29-18)28-22-13-26-17(10-24)12-27-22/h7-9,12-13,16,25H,3-6,11,14H2,1-2H3,(H2,27,28,29,30)/t16-/m0/s1. The number of anilines is 2. The van der Waals surface area contributed by atoms with Gasteiger partial charge in [-0.1, -0.05) is 6.92 Å². The van der Waals surface area contributed by atoms with Gasteiger partial charge in [0.25, 0.3) is 0 Å². The predicted molar refractivity (Wildman–Crippen MR) is 121 cm³/mol. The van der Waals surface area contributed by atoms with Crippen LogP contribution in [0.25, 0.3) is 11.3 Å². The van der Waals surface area contributed by atoms with E-state index in [4.69, 9.17) is 14.7 Å². The Balaban J connectivity index is 1.60. The van der Waals surface area contributed by atoms with Gasteiger partial charge in [-0.3, -0.25) is 5.10 Å². The molecule has 9 heteroatoms. The first-order valence-corrected chi connectivity index (χ1v) is 10.8. The van der Waals surface area contributed by atoms with Gasteiger partial charge < -0.3 is 20.1 Å². The summed E-state index contributed by atoms with van der Waals surface area (Å²) in [6, 6.07) is 7.94. The van der Waals surface area contributed by atoms with Crippen LogP contribution < -0.4 is 20.1 Å². The maximum atomic E-state index is 8.87. The zero-order valence-electron chi connectivity index (χ0n) is 18.3. The van der Waals surface area contributed by atoms with Crippen LogP contribution in [0, 0.1) is 17.2 Å². The van der Waals surface area contributed by atoms with E-state index in [-0.39, 0.29) is 5.69 Å². The van der Waals surface area contributed by atoms with Crippen molar-refractivity contribution in [2.45, 2.75) is 26.2 Å². The minimum atomic E-state index is 0.258. The van der Waals surface area contributed by atoms with Crippen molar-refractivity contribution in [3.8, 4) is 28.8 Å². The van der Waals surface area contributed by atoms with E-state index in [1.54, 1.807) is 7.11 Å². The van der Waals surface area contributed by atoms with Gasteiger partial charge in [-0.25, -0.2) is 9.97 Å². The number of hydrogen-bond acceptors (Lipinski definition) is 8. The molecule has 2 aromatic heterocycles. The highest BCUT2D eigenvalue weighted by Gasteiger charge is 2.20. The highest BCUT2D eigenvalue weighted by molar-refractivity contribution is 5.77. The summed E-state index contributed by atoms with van der Waals surface area (Å²) < 4.78 is 12.0. The number of H-pyrrole nitrogens is 1. The second-order valence-corrected chi connectivity index (χ2v) is 7.74. The first-order chi connectivity index (χ1) is 15.7. The molecule has 1 aliphatic rings. The molecule has 1 fully saturated rings. The van der Waals surface area contributed by atoms with Crippen LogP contribution in [0.2, 0.25) is 0 Å². The van der Waals surface area contributed by atoms with Gasteiger partial charge in [-0.15, -0.1) is 0 Å². The third kappa shape index (κ3) is 4.98. The van der Waals surface area contributed by atoms with Crippen LogP contribution in [-0.2, 0) is 6.42 Å². The van der Waals surface area contributed by atoms with Crippen molar-refractivity contribution in [3.63, 3.8) is 0 Å². The molecule has 166 valence electrons. The quantitative estimate of drug-likeness (QED) is 0.494. The first-order valence-electron chi connectivity index (χ1n) is 10.8. The Bertz CT molecular complexity index is 1080. The number of aromatic amines is 1. The van der Waals surface area contributed by atoms with Crippen LogP contribution >= 0.6 is 0 Å². The van der Waals surface area contributed by atoms with Crippen molar-refractivity contribution in [2.75, 3.05) is 32.1 Å². The number of methoxy groups -OCH3 is 1. The van der Waals surface area contributed by atoms with Crippen molar-refractivity contribution >= 4 is 11.6 Å². The van der Waals surface area contributed by atoms with Gasteiger partial charge in [0.15, 0.2) is 11.5 Å². The van der Waals surface area contributed by atoms with Crippen molar-refractivity contribution in [2.24, 2.45) is 5.92 Å². The van der Waals surface area contributed by atoms with E-state index >= 15 is 0 Å². The average Bonchev–Trinajstić information content (AvgIpc) is 3.31. The molecule has 1 saturated heterocycles. The van der Waals surface area contributed by atoms with E-state index in [0.717, 1.165) is 54.3 Å². The summed E-state index contributed by atoms with van der Waals surface area (Å²) in [4.78, 5) is 8.20. The molecular formula is C23H27N7O2. The van der Waals surface area contributed by atoms with Gasteiger partial charge in [-0.05, 0) is 43.5 Å². The Morgan fingerprint density at radius 3 is 2.75 bits per heavy atom. The second kappa shape index (κ2) is 10.1. The number of benzene rings is 1. The van der Waals surface area contributed by atoms with Crippen LogP contribution in [0.3, 0.4) is 0 Å². The summed E-state index contributed by atoms with van der Waals surface area (Å²) in [5.74, 6) is 3.07. The molecule has 0 radical (unpaired) electrons. The molecule has 1 aliphatic heterocycles. The van der Waals surface area contributed by atoms with Gasteiger partial charge in [0.05, 0.1) is 37.4 Å². The largest absolute Gasteiger partial charge is 0.496 e. The molecule has 3 aromatic rings. The number of hydrogen-bond donors (Lipinski definition) is 3. The zero-order chi connectivity index (χ0) is 22.3. The number of aryl methyl sites for hydroxylation is 1. The van der Waals surface area contributed by atoms with Crippen LogP contribution in [0.4, 0.5) is 11.6 Å². The lowest BCUT2D eigenvalue weighted by Crippen LogP contribution is -2.33. The molecule has 0 spiro atoms. The molecule has 0 aliphatic carbocycles. The fraction of sp³-hybridized carbons (Fsp3) is 0.391. The lowest BCUT2D eigenvalue weighted by Gasteiger charge is -2.24. The maximum absolute atomic E-state index is 8.87. The second-order valence-electron chi connectivity index (χ2n) is 7.74. The molecule has 3 heterocycles. The lowest BCUT2D eigenvalue weighted by atomic mass is 10.0. The SMILES string of the molecule is CCc1cc(OC)c(-c2cc(Nc3cnc(C#N)cn3)n[nH]2)c(OC[C@H]2CCCNC2)c1. The van der Waals surface area contributed by atoms with Crippen molar-refractivity contribution < 1.29 is 9.47 Å². The Labute approximate surface area is 187 Å². The average molecular weight is 434 g/mol. The monoisotopic (exact) mass is 433 g/mol. The van der Waals surface area contributed by atoms with Crippen LogP contribution in [0.1, 0.15) is 31.0 Å². The van der Waals surface area contributed by atoms with Gasteiger partial charge in [0.2, 0.25) is 0 Å². The molecule has 1 atom stereocenters. The van der Waals surface area contributed by atoms with Crippen molar-refractivity contribution in [1.82, 2.24) is 25.5 Å². The Morgan fingerprint density at radius 2 is 2.06 bits per heavy atom. The lowest BCUT2D eigenvalue weighted by molar-refractivity contribution is 0.218. The minimum Gasteiger partial charge on any atom is -0.496 e. The third-order valence-electron chi connectivity index (χ3n) is 5.50. The topological polar surface area (TPSA) is 121 Å². The number of nitrogens with zero attached hydrogens (tertiary/aromatic N) is 4. The van der Waals surface area contributed by atoms with Crippen LogP contribution in [0.5, 0.6) is 11.5 Å². The Hall–Kier alpha value is -3.64. The molecule has 3 N–H and O–H groups in total. The summed E-state index contributed by atoms with van der Waals surface area (Å²) >= 11 is 0. The predicted octanol–water partition coefficient (Wildman–Crippen LogP) is 3.43. The van der Waals surface area contributed by atoms with E-state index < -0.39 is 0 Å². The van der Waals surface area contributed by atoms with Gasteiger partial charge >= 0.3 is 0 Å². The first kappa shape index (κ1) is 21.6. The highest BCUT2D eigenvalue weighted by atomic mass is 16.5. The number of aromatic nitrogens is 4. The molecule has 0 unspecified atom stereocenters. The number of piperidine rings is 1. The van der Waals surface area contributed by atoms with Crippen molar-refractivity contribution in [1.29, 1.82) is 5.26 Å². The highest BCUT2D eigenvalue weighted by Crippen LogP contribution is 2.40. The van der Waals surface area contributed by atoms with E-state index in [1.807, 2.05) is 18.2 Å². The molecule has 4 rings (SSSR count). The molecule has 0 bridgehead atoms. The fourth-order valence-corrected chi connectivity index (χ4v) is 3.76. The Morgan fingerprint density at radius 1 is 1.19 bits per heavy atom. The summed E-state index contributed by atoms with van der Waals surface area (Å²) in [5.41, 5.74) is 3.01.